The Labute approximate surface area is 136 Å². The van der Waals surface area contributed by atoms with Crippen molar-refractivity contribution in [3.63, 3.8) is 0 Å². The van der Waals surface area contributed by atoms with E-state index in [1.807, 2.05) is 12.1 Å². The van der Waals surface area contributed by atoms with Gasteiger partial charge in [-0.25, -0.2) is 0 Å². The lowest BCUT2D eigenvalue weighted by Crippen LogP contribution is -2.17. The van der Waals surface area contributed by atoms with Crippen molar-refractivity contribution in [2.45, 2.75) is 12.4 Å². The fourth-order valence-electron chi connectivity index (χ4n) is 2.63. The summed E-state index contributed by atoms with van der Waals surface area (Å²) in [6.45, 7) is 0. The molecule has 0 amide bonds. The average Bonchev–Trinajstić information content (AvgIpc) is 2.54. The Bertz CT molecular complexity index is 860. The van der Waals surface area contributed by atoms with Crippen LogP contribution in [-0.4, -0.2) is 11.5 Å². The highest BCUT2D eigenvalue weighted by molar-refractivity contribution is 5.91. The summed E-state index contributed by atoms with van der Waals surface area (Å²) < 4.78 is 40.5. The first-order valence-electron chi connectivity index (χ1n) is 7.17. The minimum absolute atomic E-state index is 0.149. The fraction of sp³-hybridized carbons (Fsp3) is 0.111. The number of aromatic hydroxyl groups is 1. The smallest absolute Gasteiger partial charge is 0.507 e. The molecule has 0 bridgehead atoms. The van der Waals surface area contributed by atoms with Crippen molar-refractivity contribution in [1.82, 2.24) is 0 Å². The van der Waals surface area contributed by atoms with Gasteiger partial charge in [0.2, 0.25) is 0 Å². The summed E-state index contributed by atoms with van der Waals surface area (Å²) >= 11 is 0. The van der Waals surface area contributed by atoms with E-state index in [2.05, 4.69) is 4.74 Å². The number of nitrogens with two attached hydrogens (primary N) is 1. The highest BCUT2D eigenvalue weighted by Crippen LogP contribution is 2.33. The van der Waals surface area contributed by atoms with E-state index in [-0.39, 0.29) is 11.5 Å². The summed E-state index contributed by atoms with van der Waals surface area (Å²) in [4.78, 5) is 0. The summed E-state index contributed by atoms with van der Waals surface area (Å²) in [5.74, 6) is -0.149. The number of phenolic OH excluding ortho intramolecular Hbond substituents is 1. The van der Waals surface area contributed by atoms with Crippen LogP contribution in [0.2, 0.25) is 0 Å². The van der Waals surface area contributed by atoms with Crippen molar-refractivity contribution in [2.24, 2.45) is 5.73 Å². The highest BCUT2D eigenvalue weighted by Gasteiger charge is 2.31. The second kappa shape index (κ2) is 6.05. The second-order valence-electron chi connectivity index (χ2n) is 5.31. The van der Waals surface area contributed by atoms with Gasteiger partial charge in [0.1, 0.15) is 11.5 Å². The Morgan fingerprint density at radius 1 is 0.875 bits per heavy atom. The standard InChI is InChI=1S/C18H14F3NO2/c19-18(20,21)24-12-7-5-11(6-8-12)17(22)15-9-10-16(23)14-4-2-1-3-13(14)15/h1-10,17,23H,22H2/t17-/m1/s1. The lowest BCUT2D eigenvalue weighted by atomic mass is 9.94. The predicted octanol–water partition coefficient (Wildman–Crippen LogP) is 4.49. The van der Waals surface area contributed by atoms with Crippen molar-refractivity contribution in [1.29, 1.82) is 0 Å². The quantitative estimate of drug-likeness (QED) is 0.742. The molecule has 3 aromatic rings. The Kier molecular flexibility index (Phi) is 4.07. The van der Waals surface area contributed by atoms with Gasteiger partial charge in [-0.15, -0.1) is 13.2 Å². The summed E-state index contributed by atoms with van der Waals surface area (Å²) in [6, 6.07) is 15.4. The van der Waals surface area contributed by atoms with Gasteiger partial charge in [0.15, 0.2) is 0 Å². The van der Waals surface area contributed by atoms with Crippen molar-refractivity contribution < 1.29 is 23.0 Å². The third kappa shape index (κ3) is 3.28. The lowest BCUT2D eigenvalue weighted by Gasteiger charge is -2.17. The normalized spacial score (nSPS) is 13.0. The molecule has 3 N–H and O–H groups in total. The maximum atomic E-state index is 12.2. The van der Waals surface area contributed by atoms with E-state index in [0.717, 1.165) is 10.9 Å². The minimum Gasteiger partial charge on any atom is -0.507 e. The number of hydrogen-bond acceptors (Lipinski definition) is 3. The van der Waals surface area contributed by atoms with Gasteiger partial charge in [-0.1, -0.05) is 42.5 Å². The number of alkyl halides is 3. The van der Waals surface area contributed by atoms with Gasteiger partial charge in [0.05, 0.1) is 6.04 Å². The van der Waals surface area contributed by atoms with Gasteiger partial charge >= 0.3 is 6.36 Å². The van der Waals surface area contributed by atoms with Crippen molar-refractivity contribution in [3.05, 3.63) is 71.8 Å². The molecular weight excluding hydrogens is 319 g/mol. The molecule has 6 heteroatoms. The van der Waals surface area contributed by atoms with Gasteiger partial charge in [0, 0.05) is 5.39 Å². The highest BCUT2D eigenvalue weighted by atomic mass is 19.4. The Morgan fingerprint density at radius 2 is 1.50 bits per heavy atom. The van der Waals surface area contributed by atoms with Gasteiger partial charge < -0.3 is 15.6 Å². The number of hydrogen-bond donors (Lipinski definition) is 2. The van der Waals surface area contributed by atoms with Crippen LogP contribution in [0, 0.1) is 0 Å². The Balaban J connectivity index is 1.95. The molecule has 0 saturated heterocycles. The SMILES string of the molecule is N[C@H](c1ccc(OC(F)(F)F)cc1)c1ccc(O)c2ccccc12. The van der Waals surface area contributed by atoms with Crippen LogP contribution in [0.25, 0.3) is 10.8 Å². The van der Waals surface area contributed by atoms with Crippen LogP contribution in [-0.2, 0) is 0 Å². The molecule has 0 aliphatic rings. The number of benzene rings is 3. The van der Waals surface area contributed by atoms with Crippen LogP contribution in [0.5, 0.6) is 11.5 Å². The maximum absolute atomic E-state index is 12.2. The molecule has 24 heavy (non-hydrogen) atoms. The molecule has 0 radical (unpaired) electrons. The van der Waals surface area contributed by atoms with Gasteiger partial charge in [-0.3, -0.25) is 0 Å². The molecule has 0 aliphatic carbocycles. The van der Waals surface area contributed by atoms with E-state index >= 15 is 0 Å². The molecule has 0 aromatic heterocycles. The summed E-state index contributed by atoms with van der Waals surface area (Å²) in [7, 11) is 0. The zero-order valence-corrected chi connectivity index (χ0v) is 12.4. The van der Waals surface area contributed by atoms with E-state index in [1.165, 1.54) is 24.3 Å². The number of halogens is 3. The fourth-order valence-corrected chi connectivity index (χ4v) is 2.63. The zero-order chi connectivity index (χ0) is 17.3. The molecule has 0 spiro atoms. The average molecular weight is 333 g/mol. The molecule has 3 rings (SSSR count). The van der Waals surface area contributed by atoms with Crippen LogP contribution >= 0.6 is 0 Å². The van der Waals surface area contributed by atoms with Crippen molar-refractivity contribution >= 4 is 10.8 Å². The monoisotopic (exact) mass is 333 g/mol. The molecule has 0 saturated carbocycles. The van der Waals surface area contributed by atoms with Crippen molar-refractivity contribution in [3.8, 4) is 11.5 Å². The first-order valence-corrected chi connectivity index (χ1v) is 7.17. The summed E-state index contributed by atoms with van der Waals surface area (Å²) in [6.07, 6.45) is -4.73. The van der Waals surface area contributed by atoms with E-state index in [4.69, 9.17) is 5.73 Å². The molecule has 0 aliphatic heterocycles. The molecule has 124 valence electrons. The van der Waals surface area contributed by atoms with Gasteiger partial charge in [-0.2, -0.15) is 0 Å². The Morgan fingerprint density at radius 3 is 2.12 bits per heavy atom. The van der Waals surface area contributed by atoms with Gasteiger partial charge in [0.25, 0.3) is 0 Å². The number of ether oxygens (including phenoxy) is 1. The second-order valence-corrected chi connectivity index (χ2v) is 5.31. The number of rotatable bonds is 3. The first kappa shape index (κ1) is 16.1. The predicted molar refractivity (Wildman–Crippen MR) is 84.8 cm³/mol. The van der Waals surface area contributed by atoms with E-state index in [9.17, 15) is 18.3 Å². The third-order valence-electron chi connectivity index (χ3n) is 3.74. The largest absolute Gasteiger partial charge is 0.573 e. The topological polar surface area (TPSA) is 55.5 Å². The van der Waals surface area contributed by atoms with E-state index < -0.39 is 12.4 Å². The third-order valence-corrected chi connectivity index (χ3v) is 3.74. The zero-order valence-electron chi connectivity index (χ0n) is 12.4. The molecule has 1 atom stereocenters. The van der Waals surface area contributed by atoms with Crippen LogP contribution < -0.4 is 10.5 Å². The molecule has 3 nitrogen and oxygen atoms in total. The first-order chi connectivity index (χ1) is 11.3. The molecule has 0 heterocycles. The summed E-state index contributed by atoms with van der Waals surface area (Å²) in [5, 5.41) is 11.4. The summed E-state index contributed by atoms with van der Waals surface area (Å²) in [5.41, 5.74) is 7.68. The lowest BCUT2D eigenvalue weighted by molar-refractivity contribution is -0.274. The van der Waals surface area contributed by atoms with Crippen LogP contribution in [0.15, 0.2) is 60.7 Å². The number of fused-ring (bicyclic) bond motifs is 1. The van der Waals surface area contributed by atoms with Crippen LogP contribution in [0.1, 0.15) is 17.2 Å². The molecule has 0 unspecified atom stereocenters. The molecule has 0 fully saturated rings. The minimum atomic E-state index is -4.73. The Hall–Kier alpha value is -2.73. The molecule has 3 aromatic carbocycles. The van der Waals surface area contributed by atoms with Crippen molar-refractivity contribution in [2.75, 3.05) is 0 Å². The van der Waals surface area contributed by atoms with Gasteiger partial charge in [-0.05, 0) is 34.7 Å². The number of phenols is 1. The van der Waals surface area contributed by atoms with Crippen LogP contribution in [0.3, 0.4) is 0 Å². The van der Waals surface area contributed by atoms with E-state index in [0.29, 0.717) is 10.9 Å². The van der Waals surface area contributed by atoms with Crippen LogP contribution in [0.4, 0.5) is 13.2 Å². The molecular formula is C18H14F3NO2. The van der Waals surface area contributed by atoms with E-state index in [1.54, 1.807) is 24.3 Å². The maximum Gasteiger partial charge on any atom is 0.573 e.